The number of ether oxygens (including phenoxy) is 1. The Morgan fingerprint density at radius 2 is 1.93 bits per heavy atom. The third kappa shape index (κ3) is 5.49. The van der Waals surface area contributed by atoms with Crippen molar-refractivity contribution in [2.75, 3.05) is 33.4 Å². The van der Waals surface area contributed by atoms with Crippen molar-refractivity contribution in [3.05, 3.63) is 57.8 Å². The van der Waals surface area contributed by atoms with E-state index in [1.54, 1.807) is 23.3 Å². The van der Waals surface area contributed by atoms with E-state index in [9.17, 15) is 9.59 Å². The molecule has 0 radical (unpaired) electrons. The first-order chi connectivity index (χ1) is 14.3. The third-order valence-electron chi connectivity index (χ3n) is 5.33. The maximum Gasteiger partial charge on any atom is 0.242 e. The Morgan fingerprint density at radius 1 is 1.20 bits per heavy atom. The van der Waals surface area contributed by atoms with E-state index in [2.05, 4.69) is 23.6 Å². The molecule has 0 aliphatic carbocycles. The van der Waals surface area contributed by atoms with Crippen LogP contribution in [0, 0.1) is 5.41 Å². The minimum atomic E-state index is -0.130. The SMILES string of the molecule is COCCN(CC(=O)N1CCc2sccc2[C@@H]1c1ccccc1)C(=O)CC(C)(C)C. The summed E-state index contributed by atoms with van der Waals surface area (Å²) in [6.45, 7) is 7.70. The first-order valence-corrected chi connectivity index (χ1v) is 11.4. The summed E-state index contributed by atoms with van der Waals surface area (Å²) in [5, 5.41) is 2.10. The highest BCUT2D eigenvalue weighted by atomic mass is 32.1. The first kappa shape index (κ1) is 22.5. The van der Waals surface area contributed by atoms with Crippen LogP contribution in [0.15, 0.2) is 41.8 Å². The summed E-state index contributed by atoms with van der Waals surface area (Å²) in [6.07, 6.45) is 1.26. The minimum absolute atomic E-state index is 0.00241. The largest absolute Gasteiger partial charge is 0.383 e. The Bertz CT molecular complexity index is 857. The molecule has 0 saturated carbocycles. The summed E-state index contributed by atoms with van der Waals surface area (Å²) >= 11 is 1.75. The van der Waals surface area contributed by atoms with Crippen molar-refractivity contribution in [1.29, 1.82) is 0 Å². The second-order valence-electron chi connectivity index (χ2n) is 9.00. The molecule has 3 rings (SSSR count). The van der Waals surface area contributed by atoms with Gasteiger partial charge in [0.15, 0.2) is 0 Å². The molecule has 0 saturated heterocycles. The van der Waals surface area contributed by atoms with Crippen LogP contribution in [-0.2, 0) is 20.7 Å². The molecule has 1 aromatic carbocycles. The minimum Gasteiger partial charge on any atom is -0.383 e. The maximum absolute atomic E-state index is 13.5. The van der Waals surface area contributed by atoms with Crippen LogP contribution >= 0.6 is 11.3 Å². The van der Waals surface area contributed by atoms with Crippen molar-refractivity contribution >= 4 is 23.2 Å². The van der Waals surface area contributed by atoms with Crippen molar-refractivity contribution in [3.8, 4) is 0 Å². The van der Waals surface area contributed by atoms with Crippen LogP contribution in [0.3, 0.4) is 0 Å². The fourth-order valence-electron chi connectivity index (χ4n) is 3.89. The molecule has 1 atom stereocenters. The maximum atomic E-state index is 13.5. The first-order valence-electron chi connectivity index (χ1n) is 10.5. The van der Waals surface area contributed by atoms with Gasteiger partial charge in [-0.05, 0) is 34.4 Å². The van der Waals surface area contributed by atoms with E-state index in [4.69, 9.17) is 4.74 Å². The summed E-state index contributed by atoms with van der Waals surface area (Å²) in [7, 11) is 1.61. The van der Waals surface area contributed by atoms with Gasteiger partial charge in [0.25, 0.3) is 0 Å². The summed E-state index contributed by atoms with van der Waals surface area (Å²) in [5.74, 6) is -0.0172. The van der Waals surface area contributed by atoms with E-state index in [0.29, 0.717) is 26.1 Å². The van der Waals surface area contributed by atoms with E-state index in [0.717, 1.165) is 12.0 Å². The van der Waals surface area contributed by atoms with Gasteiger partial charge in [0.1, 0.15) is 0 Å². The molecule has 1 aliphatic heterocycles. The number of thiophene rings is 1. The molecule has 5 nitrogen and oxygen atoms in total. The van der Waals surface area contributed by atoms with Gasteiger partial charge in [0.05, 0.1) is 19.2 Å². The second kappa shape index (κ2) is 9.75. The fraction of sp³-hybridized carbons (Fsp3) is 0.500. The topological polar surface area (TPSA) is 49.9 Å². The molecule has 0 N–H and O–H groups in total. The lowest BCUT2D eigenvalue weighted by Crippen LogP contribution is -2.47. The summed E-state index contributed by atoms with van der Waals surface area (Å²) in [6, 6.07) is 12.2. The molecule has 0 spiro atoms. The van der Waals surface area contributed by atoms with E-state index < -0.39 is 0 Å². The van der Waals surface area contributed by atoms with Crippen LogP contribution in [0.1, 0.15) is 49.2 Å². The van der Waals surface area contributed by atoms with Gasteiger partial charge >= 0.3 is 0 Å². The predicted molar refractivity (Wildman–Crippen MR) is 121 cm³/mol. The van der Waals surface area contributed by atoms with Crippen molar-refractivity contribution < 1.29 is 14.3 Å². The Kier molecular flexibility index (Phi) is 7.32. The zero-order valence-corrected chi connectivity index (χ0v) is 19.2. The molecule has 1 aromatic heterocycles. The Hall–Kier alpha value is -2.18. The van der Waals surface area contributed by atoms with Crippen molar-refractivity contribution in [2.24, 2.45) is 5.41 Å². The molecule has 2 heterocycles. The van der Waals surface area contributed by atoms with Gasteiger partial charge in [-0.15, -0.1) is 11.3 Å². The monoisotopic (exact) mass is 428 g/mol. The summed E-state index contributed by atoms with van der Waals surface area (Å²) in [4.78, 5) is 31.3. The fourth-order valence-corrected chi connectivity index (χ4v) is 4.80. The highest BCUT2D eigenvalue weighted by molar-refractivity contribution is 7.10. The average molecular weight is 429 g/mol. The number of hydrogen-bond donors (Lipinski definition) is 0. The summed E-state index contributed by atoms with van der Waals surface area (Å²) < 4.78 is 5.19. The molecule has 30 heavy (non-hydrogen) atoms. The molecule has 1 aliphatic rings. The Balaban J connectivity index is 1.83. The van der Waals surface area contributed by atoms with Gasteiger partial charge in [-0.25, -0.2) is 0 Å². The van der Waals surface area contributed by atoms with Crippen LogP contribution in [0.4, 0.5) is 0 Å². The van der Waals surface area contributed by atoms with Crippen LogP contribution in [0.2, 0.25) is 0 Å². The quantitative estimate of drug-likeness (QED) is 0.666. The number of nitrogens with zero attached hydrogens (tertiary/aromatic N) is 2. The molecule has 0 fully saturated rings. The normalized spacial score (nSPS) is 16.3. The molecule has 2 aromatic rings. The number of methoxy groups -OCH3 is 1. The summed E-state index contributed by atoms with van der Waals surface area (Å²) in [5.41, 5.74) is 2.18. The Morgan fingerprint density at radius 3 is 2.60 bits per heavy atom. The molecular weight excluding hydrogens is 396 g/mol. The predicted octanol–water partition coefficient (Wildman–Crippen LogP) is 4.13. The molecule has 0 unspecified atom stereocenters. The van der Waals surface area contributed by atoms with Crippen LogP contribution in [0.5, 0.6) is 0 Å². The number of benzene rings is 1. The zero-order chi connectivity index (χ0) is 21.7. The third-order valence-corrected chi connectivity index (χ3v) is 6.32. The van der Waals surface area contributed by atoms with Crippen LogP contribution < -0.4 is 0 Å². The van der Waals surface area contributed by atoms with Gasteiger partial charge in [-0.1, -0.05) is 51.1 Å². The number of hydrogen-bond acceptors (Lipinski definition) is 4. The smallest absolute Gasteiger partial charge is 0.242 e. The lowest BCUT2D eigenvalue weighted by atomic mass is 9.91. The van der Waals surface area contributed by atoms with E-state index in [1.165, 1.54) is 10.4 Å². The number of carbonyl (C=O) groups excluding carboxylic acids is 2. The average Bonchev–Trinajstić information content (AvgIpc) is 3.18. The van der Waals surface area contributed by atoms with E-state index >= 15 is 0 Å². The zero-order valence-electron chi connectivity index (χ0n) is 18.4. The molecule has 2 amide bonds. The van der Waals surface area contributed by atoms with Gasteiger partial charge < -0.3 is 14.5 Å². The van der Waals surface area contributed by atoms with E-state index in [-0.39, 0.29) is 29.8 Å². The van der Waals surface area contributed by atoms with Crippen LogP contribution in [-0.4, -0.2) is 55.0 Å². The lowest BCUT2D eigenvalue weighted by molar-refractivity contribution is -0.143. The second-order valence-corrected chi connectivity index (χ2v) is 10.00. The van der Waals surface area contributed by atoms with Crippen molar-refractivity contribution in [1.82, 2.24) is 9.80 Å². The lowest BCUT2D eigenvalue weighted by Gasteiger charge is -2.38. The van der Waals surface area contributed by atoms with Crippen molar-refractivity contribution in [3.63, 3.8) is 0 Å². The highest BCUT2D eigenvalue weighted by Gasteiger charge is 2.34. The molecule has 162 valence electrons. The van der Waals surface area contributed by atoms with Crippen LogP contribution in [0.25, 0.3) is 0 Å². The Labute approximate surface area is 183 Å². The number of carbonyl (C=O) groups is 2. The highest BCUT2D eigenvalue weighted by Crippen LogP contribution is 2.37. The van der Waals surface area contributed by atoms with Gasteiger partial charge in [-0.2, -0.15) is 0 Å². The number of rotatable bonds is 7. The number of amides is 2. The molecule has 6 heteroatoms. The molecule has 0 bridgehead atoms. The van der Waals surface area contributed by atoms with Crippen molar-refractivity contribution in [2.45, 2.75) is 39.7 Å². The van der Waals surface area contributed by atoms with E-state index in [1.807, 2.05) is 43.9 Å². The van der Waals surface area contributed by atoms with Gasteiger partial charge in [0.2, 0.25) is 11.8 Å². The van der Waals surface area contributed by atoms with Gasteiger partial charge in [-0.3, -0.25) is 9.59 Å². The standard InChI is InChI=1S/C24H32N2O3S/c1-24(2,3)16-21(27)25(13-14-29-4)17-22(28)26-12-10-20-19(11-15-30-20)23(26)18-8-6-5-7-9-18/h5-9,11,15,23H,10,12-14,16-17H2,1-4H3/t23-/m0/s1. The molecular formula is C24H32N2O3S. The van der Waals surface area contributed by atoms with Gasteiger partial charge in [0, 0.05) is 31.5 Å². The number of fused-ring (bicyclic) bond motifs is 1.